The van der Waals surface area contributed by atoms with Gasteiger partial charge < -0.3 is 14.6 Å². The molecule has 0 amide bonds. The number of nitrogens with zero attached hydrogens (tertiary/aromatic N) is 1. The number of phenolic OH excluding ortho intramolecular Hbond substituents is 1. The molecule has 1 N–H and O–H groups in total. The standard InChI is InChI=1S/C36H31Cl2F2NO9S3/c1-49-32-7-4-8-33(35(32)40)52(45,46)14-13-23-15-25(17-29(16-23)50-28-11-9-27(39)10-12-28)22-41(21-24-5-3-6-30(18-24)51(2,43)44)53(47,48)34-20-26(37)19-31(38)36(34)42/h3-12,15-20,42H,13-14,21-22H2,1-2H3. The number of hydrogen-bond acceptors (Lipinski definition) is 9. The van der Waals surface area contributed by atoms with Crippen LogP contribution in [0.3, 0.4) is 0 Å². The summed E-state index contributed by atoms with van der Waals surface area (Å²) in [6, 6.07) is 21.1. The van der Waals surface area contributed by atoms with Gasteiger partial charge in [0.05, 0.1) is 22.8 Å². The van der Waals surface area contributed by atoms with Crippen LogP contribution >= 0.6 is 23.2 Å². The Hall–Kier alpha value is -4.25. The third-order valence-corrected chi connectivity index (χ3v) is 13.0. The molecule has 5 aromatic carbocycles. The summed E-state index contributed by atoms with van der Waals surface area (Å²) in [5.74, 6) is -2.82. The van der Waals surface area contributed by atoms with Crippen molar-refractivity contribution >= 4 is 52.9 Å². The Bertz CT molecular complexity index is 2500. The minimum absolute atomic E-state index is 0.0633. The molecule has 0 aliphatic rings. The maximum absolute atomic E-state index is 15.0. The second-order valence-electron chi connectivity index (χ2n) is 11.8. The molecule has 0 saturated carbocycles. The summed E-state index contributed by atoms with van der Waals surface area (Å²) in [4.78, 5) is -1.25. The van der Waals surface area contributed by atoms with E-state index in [1.165, 1.54) is 73.8 Å². The molecule has 0 spiro atoms. The molecule has 0 bridgehead atoms. The SMILES string of the molecule is COc1cccc(S(=O)(=O)CCc2cc(CN(Cc3cccc(S(C)(=O)=O)c3)S(=O)(=O)c3cc(Cl)cc(Cl)c3O)cc(Oc3ccc(F)cc3)c2)c1F. The molecule has 0 aromatic heterocycles. The molecule has 0 fully saturated rings. The Kier molecular flexibility index (Phi) is 12.1. The summed E-state index contributed by atoms with van der Waals surface area (Å²) < 4.78 is 120. The number of ether oxygens (including phenoxy) is 2. The summed E-state index contributed by atoms with van der Waals surface area (Å²) in [5.41, 5.74) is 0.881. The van der Waals surface area contributed by atoms with Crippen molar-refractivity contribution in [3.05, 3.63) is 135 Å². The maximum Gasteiger partial charge on any atom is 0.247 e. The topological polar surface area (TPSA) is 144 Å². The molecule has 0 aliphatic heterocycles. The van der Waals surface area contributed by atoms with E-state index >= 15 is 0 Å². The number of benzene rings is 5. The Morgan fingerprint density at radius 3 is 2.08 bits per heavy atom. The van der Waals surface area contributed by atoms with E-state index < -0.39 is 75.7 Å². The van der Waals surface area contributed by atoms with Crippen molar-refractivity contribution in [1.29, 1.82) is 0 Å². The smallest absolute Gasteiger partial charge is 0.247 e. The van der Waals surface area contributed by atoms with Crippen molar-refractivity contribution in [2.75, 3.05) is 19.1 Å². The zero-order chi connectivity index (χ0) is 38.7. The minimum Gasteiger partial charge on any atom is -0.505 e. The zero-order valence-corrected chi connectivity index (χ0v) is 31.9. The van der Waals surface area contributed by atoms with E-state index in [1.807, 2.05) is 0 Å². The van der Waals surface area contributed by atoms with Gasteiger partial charge in [0.15, 0.2) is 37.0 Å². The minimum atomic E-state index is -4.66. The first-order chi connectivity index (χ1) is 24.9. The number of aryl methyl sites for hydroxylation is 1. The highest BCUT2D eigenvalue weighted by molar-refractivity contribution is 7.91. The molecule has 53 heavy (non-hydrogen) atoms. The van der Waals surface area contributed by atoms with Gasteiger partial charge in [0.25, 0.3) is 0 Å². The lowest BCUT2D eigenvalue weighted by atomic mass is 10.1. The average Bonchev–Trinajstić information content (AvgIpc) is 3.09. The van der Waals surface area contributed by atoms with E-state index in [4.69, 9.17) is 32.7 Å². The van der Waals surface area contributed by atoms with Gasteiger partial charge in [-0.3, -0.25) is 0 Å². The highest BCUT2D eigenvalue weighted by atomic mass is 35.5. The fraction of sp³-hybridized carbons (Fsp3) is 0.167. The van der Waals surface area contributed by atoms with Crippen LogP contribution in [0.4, 0.5) is 8.78 Å². The van der Waals surface area contributed by atoms with Crippen LogP contribution in [0.2, 0.25) is 10.0 Å². The number of sulfonamides is 1. The third-order valence-electron chi connectivity index (χ3n) is 7.87. The highest BCUT2D eigenvalue weighted by Crippen LogP contribution is 2.37. The van der Waals surface area contributed by atoms with E-state index in [0.29, 0.717) is 5.56 Å². The molecule has 5 aromatic rings. The monoisotopic (exact) mass is 825 g/mol. The van der Waals surface area contributed by atoms with Crippen molar-refractivity contribution < 1.29 is 48.6 Å². The van der Waals surface area contributed by atoms with Crippen LogP contribution in [0, 0.1) is 11.6 Å². The summed E-state index contributed by atoms with van der Waals surface area (Å²) in [6.45, 7) is -0.836. The van der Waals surface area contributed by atoms with Crippen LogP contribution in [0.15, 0.2) is 112 Å². The zero-order valence-electron chi connectivity index (χ0n) is 28.0. The number of halogens is 4. The molecule has 0 unspecified atom stereocenters. The van der Waals surface area contributed by atoms with Gasteiger partial charge in [-0.2, -0.15) is 4.31 Å². The van der Waals surface area contributed by atoms with E-state index in [9.17, 15) is 39.1 Å². The van der Waals surface area contributed by atoms with Crippen molar-refractivity contribution in [2.45, 2.75) is 34.2 Å². The molecular weight excluding hydrogens is 795 g/mol. The van der Waals surface area contributed by atoms with E-state index in [2.05, 4.69) is 0 Å². The van der Waals surface area contributed by atoms with Crippen molar-refractivity contribution in [2.24, 2.45) is 0 Å². The quantitative estimate of drug-likeness (QED) is 0.120. The van der Waals surface area contributed by atoms with Crippen molar-refractivity contribution in [1.82, 2.24) is 4.31 Å². The first-order valence-corrected chi connectivity index (χ1v) is 21.2. The van der Waals surface area contributed by atoms with Crippen LogP contribution in [0.25, 0.3) is 0 Å². The highest BCUT2D eigenvalue weighted by Gasteiger charge is 2.30. The molecule has 0 aliphatic carbocycles. The normalized spacial score (nSPS) is 12.2. The van der Waals surface area contributed by atoms with Crippen LogP contribution in [0.1, 0.15) is 16.7 Å². The van der Waals surface area contributed by atoms with E-state index in [-0.39, 0.29) is 49.7 Å². The molecule has 17 heteroatoms. The second-order valence-corrected chi connectivity index (χ2v) is 18.7. The Morgan fingerprint density at radius 2 is 1.40 bits per heavy atom. The number of hydrogen-bond donors (Lipinski definition) is 1. The van der Waals surface area contributed by atoms with Gasteiger partial charge in [0, 0.05) is 24.4 Å². The molecule has 5 rings (SSSR count). The number of sulfone groups is 2. The fourth-order valence-corrected chi connectivity index (χ4v) is 9.53. The second kappa shape index (κ2) is 16.0. The summed E-state index contributed by atoms with van der Waals surface area (Å²) in [5, 5.41) is 10.3. The Morgan fingerprint density at radius 1 is 0.736 bits per heavy atom. The summed E-state index contributed by atoms with van der Waals surface area (Å²) in [7, 11) is -11.3. The van der Waals surface area contributed by atoms with Gasteiger partial charge in [-0.05, 0) is 95.9 Å². The lowest BCUT2D eigenvalue weighted by molar-refractivity contribution is 0.380. The molecule has 0 radical (unpaired) electrons. The first kappa shape index (κ1) is 39.9. The van der Waals surface area contributed by atoms with Gasteiger partial charge in [-0.1, -0.05) is 47.5 Å². The Labute approximate surface area is 316 Å². The predicted octanol–water partition coefficient (Wildman–Crippen LogP) is 7.59. The number of phenols is 1. The maximum atomic E-state index is 15.0. The molecule has 0 heterocycles. The first-order valence-electron chi connectivity index (χ1n) is 15.5. The molecular formula is C36H31Cl2F2NO9S3. The van der Waals surface area contributed by atoms with Gasteiger partial charge in [0.2, 0.25) is 10.0 Å². The van der Waals surface area contributed by atoms with Crippen LogP contribution < -0.4 is 9.47 Å². The number of rotatable bonds is 14. The predicted molar refractivity (Wildman–Crippen MR) is 196 cm³/mol. The molecule has 0 atom stereocenters. The fourth-order valence-electron chi connectivity index (χ4n) is 5.30. The number of aromatic hydroxyl groups is 1. The van der Waals surface area contributed by atoms with E-state index in [1.54, 1.807) is 0 Å². The molecule has 280 valence electrons. The van der Waals surface area contributed by atoms with Gasteiger partial charge >= 0.3 is 0 Å². The van der Waals surface area contributed by atoms with Gasteiger partial charge in [0.1, 0.15) is 27.1 Å². The van der Waals surface area contributed by atoms with Crippen molar-refractivity contribution in [3.63, 3.8) is 0 Å². The Balaban J connectivity index is 1.59. The largest absolute Gasteiger partial charge is 0.505 e. The van der Waals surface area contributed by atoms with E-state index in [0.717, 1.165) is 40.9 Å². The van der Waals surface area contributed by atoms with Crippen LogP contribution in [-0.2, 0) is 49.2 Å². The number of methoxy groups -OCH3 is 1. The lowest BCUT2D eigenvalue weighted by Crippen LogP contribution is -2.30. The average molecular weight is 827 g/mol. The van der Waals surface area contributed by atoms with Crippen molar-refractivity contribution in [3.8, 4) is 23.0 Å². The molecule has 0 saturated heterocycles. The summed E-state index contributed by atoms with van der Waals surface area (Å²) in [6.07, 6.45) is 0.824. The summed E-state index contributed by atoms with van der Waals surface area (Å²) >= 11 is 12.2. The van der Waals surface area contributed by atoms with Gasteiger partial charge in [-0.15, -0.1) is 0 Å². The van der Waals surface area contributed by atoms with Crippen LogP contribution in [-0.4, -0.2) is 53.8 Å². The third kappa shape index (κ3) is 9.65. The molecule has 10 nitrogen and oxygen atoms in total. The van der Waals surface area contributed by atoms with Crippen LogP contribution in [0.5, 0.6) is 23.0 Å². The van der Waals surface area contributed by atoms with Gasteiger partial charge in [-0.25, -0.2) is 34.0 Å². The lowest BCUT2D eigenvalue weighted by Gasteiger charge is -2.24.